The fourth-order valence-corrected chi connectivity index (χ4v) is 11.3. The Labute approximate surface area is 503 Å². The fraction of sp³-hybridized carbons (Fsp3) is 0.613. The van der Waals surface area contributed by atoms with Crippen molar-refractivity contribution >= 4 is 57.3 Å². The number of nitrogens with two attached hydrogens (primary N) is 1. The molecule has 6 atom stereocenters. The molecule has 1 heterocycles. The van der Waals surface area contributed by atoms with Crippen LogP contribution in [0.1, 0.15) is 140 Å². The van der Waals surface area contributed by atoms with Gasteiger partial charge in [0.1, 0.15) is 18.1 Å². The van der Waals surface area contributed by atoms with Crippen LogP contribution < -0.4 is 42.4 Å². The number of carbonyl (C=O) groups excluding carboxylic acids is 8. The summed E-state index contributed by atoms with van der Waals surface area (Å²) in [4.78, 5) is 111. The monoisotopic (exact) mass is 1200 g/mol. The Hall–Kier alpha value is -6.37. The number of aliphatic hydroxyl groups excluding tert-OH is 1. The molecule has 0 radical (unpaired) electrons. The molecule has 472 valence electrons. The van der Waals surface area contributed by atoms with Crippen LogP contribution in [0.4, 0.5) is 0 Å². The smallest absolute Gasteiger partial charge is 0.264 e. The lowest BCUT2D eigenvalue weighted by Crippen LogP contribution is -2.61. The molecule has 1 fully saturated rings. The highest BCUT2D eigenvalue weighted by atomic mass is 32.2. The van der Waals surface area contributed by atoms with Gasteiger partial charge in [0, 0.05) is 48.6 Å². The van der Waals surface area contributed by atoms with Gasteiger partial charge in [-0.15, -0.1) is 0 Å². The maximum absolute atomic E-state index is 14.5. The van der Waals surface area contributed by atoms with Crippen molar-refractivity contribution < 1.29 is 56.6 Å². The largest absolute Gasteiger partial charge is 0.380 e. The van der Waals surface area contributed by atoms with E-state index in [9.17, 15) is 51.9 Å². The van der Waals surface area contributed by atoms with E-state index in [1.807, 2.05) is 106 Å². The fourth-order valence-electron chi connectivity index (χ4n) is 10.3. The average molecular weight is 1210 g/mol. The lowest BCUT2D eigenvalue weighted by atomic mass is 9.76. The van der Waals surface area contributed by atoms with Crippen molar-refractivity contribution in [3.63, 3.8) is 0 Å². The van der Waals surface area contributed by atoms with Crippen molar-refractivity contribution in [3.8, 4) is 0 Å². The predicted molar refractivity (Wildman–Crippen MR) is 325 cm³/mol. The molecular weight excluding hydrogens is 1110 g/mol. The molecule has 2 aromatic carbocycles. The van der Waals surface area contributed by atoms with Crippen molar-refractivity contribution in [2.45, 2.75) is 181 Å². The highest BCUT2D eigenvalue weighted by Gasteiger charge is 2.47. The second-order valence-corrected chi connectivity index (χ2v) is 28.3. The summed E-state index contributed by atoms with van der Waals surface area (Å²) in [5, 5.41) is 27.2. The minimum Gasteiger partial charge on any atom is -0.380 e. The molecule has 1 saturated carbocycles. The highest BCUT2D eigenvalue weighted by Crippen LogP contribution is 2.46. The molecule has 8 amide bonds. The zero-order valence-electron chi connectivity index (χ0n) is 52.7. The molecule has 85 heavy (non-hydrogen) atoms. The normalized spacial score (nSPS) is 16.9. The second-order valence-electron chi connectivity index (χ2n) is 26.7. The van der Waals surface area contributed by atoms with Crippen molar-refractivity contribution in [1.82, 2.24) is 46.4 Å². The van der Waals surface area contributed by atoms with Crippen LogP contribution in [0.25, 0.3) is 0 Å². The van der Waals surface area contributed by atoms with Gasteiger partial charge in [0.05, 0.1) is 35.7 Å². The Morgan fingerprint density at radius 3 is 1.88 bits per heavy atom. The van der Waals surface area contributed by atoms with E-state index >= 15 is 0 Å². The number of sulfonamides is 1. The quantitative estimate of drug-likeness (QED) is 0.0218. The molecule has 6 unspecified atom stereocenters. The van der Waals surface area contributed by atoms with Crippen LogP contribution in [0.2, 0.25) is 0 Å². The second kappa shape index (κ2) is 29.3. The Bertz CT molecular complexity index is 2860. The Morgan fingerprint density at radius 1 is 0.788 bits per heavy atom. The summed E-state index contributed by atoms with van der Waals surface area (Å²) in [6, 6.07) is 10.8. The number of carbonyl (C=O) groups is 8. The lowest BCUT2D eigenvalue weighted by molar-refractivity contribution is -0.141. The zero-order chi connectivity index (χ0) is 64.2. The summed E-state index contributed by atoms with van der Waals surface area (Å²) in [6.07, 6.45) is 4.06. The summed E-state index contributed by atoms with van der Waals surface area (Å²) in [6.45, 7) is 26.3. The molecule has 1 aliphatic heterocycles. The van der Waals surface area contributed by atoms with E-state index in [0.29, 0.717) is 24.8 Å². The van der Waals surface area contributed by atoms with Gasteiger partial charge in [-0.25, -0.2) is 13.1 Å². The van der Waals surface area contributed by atoms with E-state index in [1.165, 1.54) is 42.2 Å². The summed E-state index contributed by atoms with van der Waals surface area (Å²) in [5.41, 5.74) is 3.45. The van der Waals surface area contributed by atoms with Gasteiger partial charge < -0.3 is 41.3 Å². The van der Waals surface area contributed by atoms with Crippen LogP contribution in [0.5, 0.6) is 0 Å². The van der Waals surface area contributed by atoms with Crippen LogP contribution >= 0.6 is 0 Å². The molecule has 23 heteroatoms. The molecule has 22 nitrogen and oxygen atoms in total. The van der Waals surface area contributed by atoms with Gasteiger partial charge in [0.25, 0.3) is 27.7 Å². The summed E-state index contributed by atoms with van der Waals surface area (Å²) >= 11 is 0. The molecule has 0 spiro atoms. The molecule has 0 bridgehead atoms. The number of rotatable bonds is 32. The number of ether oxygens (including phenoxy) is 1. The Morgan fingerprint density at radius 2 is 1.36 bits per heavy atom. The van der Waals surface area contributed by atoms with Crippen LogP contribution in [0, 0.1) is 28.1 Å². The van der Waals surface area contributed by atoms with Gasteiger partial charge >= 0.3 is 0 Å². The maximum Gasteiger partial charge on any atom is 0.264 e. The van der Waals surface area contributed by atoms with Gasteiger partial charge in [-0.05, 0) is 92.1 Å². The molecule has 4 rings (SSSR count). The number of hydrogen-bond acceptors (Lipinski definition) is 15. The van der Waals surface area contributed by atoms with E-state index < -0.39 is 109 Å². The number of benzene rings is 2. The zero-order valence-corrected chi connectivity index (χ0v) is 53.5. The van der Waals surface area contributed by atoms with E-state index in [-0.39, 0.29) is 73.3 Å². The van der Waals surface area contributed by atoms with Crippen LogP contribution in [0.15, 0.2) is 83.3 Å². The standard InChI is InChI=1S/C62H96N10O12S/c1-38(2)45(71(16)56(80)51(58(6,7)8)68-55(79)50(64-15)61(13,14)41-21-18-17-19-22-41)33-40(5)52(76)70-85(82,83)43-26-24-42(25-27-43)62(30-31-62)69-53(77)44(23-20-32-65-57(63)81)66-54(78)49(39(3)4)67-46(73)34-59(9,10)36-84-37-60(11,12)35-72-47(74)28-29-48(72)75/h17-19,21-22,24-29,33,38-39,44-45,49-51,57,64-65,81H,20,23,30-32,34-37,63H2,1-16H3,(H,66,78)(H,67,73)(H,68,79)(H,69,77)(H,70,76). The van der Waals surface area contributed by atoms with E-state index in [1.54, 1.807) is 40.1 Å². The first-order chi connectivity index (χ1) is 39.3. The SMILES string of the molecule is CNC(C(=O)NC(C(=O)N(C)C(C=C(C)C(=O)NS(=O)(=O)c1ccc(C2(NC(=O)C(CCCNC(N)O)NC(=O)C(NC(=O)CC(C)(C)COCC(C)(C)CN3C(=O)C=CC3=O)C(C)C)CC2)cc1)C(C)C)C(C)(C)C)C(C)(C)c1ccccc1. The first kappa shape index (κ1) is 71.1. The third-order valence-electron chi connectivity index (χ3n) is 15.5. The Balaban J connectivity index is 1.43. The maximum atomic E-state index is 14.5. The summed E-state index contributed by atoms with van der Waals surface area (Å²) in [7, 11) is -1.17. The summed E-state index contributed by atoms with van der Waals surface area (Å²) in [5.74, 6) is -4.66. The molecule has 0 saturated heterocycles. The molecular formula is C62H96N10O12S. The third kappa shape index (κ3) is 20.1. The summed E-state index contributed by atoms with van der Waals surface area (Å²) < 4.78 is 35.7. The number of aliphatic hydroxyl groups is 1. The van der Waals surface area contributed by atoms with E-state index in [0.717, 1.165) is 10.5 Å². The van der Waals surface area contributed by atoms with Crippen LogP contribution in [-0.2, 0) is 64.1 Å². The van der Waals surface area contributed by atoms with Crippen molar-refractivity contribution in [2.75, 3.05) is 40.4 Å². The number of amides is 8. The molecule has 10 N–H and O–H groups in total. The van der Waals surface area contributed by atoms with Gasteiger partial charge in [-0.3, -0.25) is 54.3 Å². The van der Waals surface area contributed by atoms with Crippen LogP contribution in [0.3, 0.4) is 0 Å². The minimum atomic E-state index is -4.45. The van der Waals surface area contributed by atoms with Crippen molar-refractivity contribution in [1.29, 1.82) is 0 Å². The number of nitrogens with zero attached hydrogens (tertiary/aromatic N) is 2. The van der Waals surface area contributed by atoms with Gasteiger partial charge in [0.15, 0.2) is 6.35 Å². The van der Waals surface area contributed by atoms with Gasteiger partial charge in [0.2, 0.25) is 29.5 Å². The first-order valence-corrected chi connectivity index (χ1v) is 30.6. The molecule has 1 aliphatic carbocycles. The van der Waals surface area contributed by atoms with Crippen LogP contribution in [-0.4, -0.2) is 148 Å². The first-order valence-electron chi connectivity index (χ1n) is 29.1. The van der Waals surface area contributed by atoms with Crippen molar-refractivity contribution in [3.05, 3.63) is 89.5 Å². The predicted octanol–water partition coefficient (Wildman–Crippen LogP) is 3.74. The lowest BCUT2D eigenvalue weighted by Gasteiger charge is -2.40. The van der Waals surface area contributed by atoms with E-state index in [4.69, 9.17) is 10.5 Å². The van der Waals surface area contributed by atoms with Crippen molar-refractivity contribution in [2.24, 2.45) is 33.8 Å². The molecule has 2 aliphatic rings. The van der Waals surface area contributed by atoms with Gasteiger partial charge in [-0.1, -0.05) is 139 Å². The van der Waals surface area contributed by atoms with E-state index in [2.05, 4.69) is 36.6 Å². The number of hydrogen-bond donors (Lipinski definition) is 9. The molecule has 2 aromatic rings. The van der Waals surface area contributed by atoms with Gasteiger partial charge in [-0.2, -0.15) is 0 Å². The number of likely N-dealkylation sites (N-methyl/N-ethyl adjacent to an activating group) is 2. The number of imide groups is 1. The highest BCUT2D eigenvalue weighted by molar-refractivity contribution is 7.90. The average Bonchev–Trinajstić information content (AvgIpc) is 4.21. The topological polar surface area (TPSA) is 317 Å². The molecule has 0 aromatic heterocycles. The number of nitrogens with one attached hydrogen (secondary N) is 7. The third-order valence-corrected chi connectivity index (χ3v) is 16.9. The minimum absolute atomic E-state index is 0.0182. The Kier molecular flexibility index (Phi) is 24.6.